The van der Waals surface area contributed by atoms with E-state index in [4.69, 9.17) is 4.74 Å². The molecule has 1 saturated heterocycles. The summed E-state index contributed by atoms with van der Waals surface area (Å²) in [5.41, 5.74) is 3.55. The van der Waals surface area contributed by atoms with Crippen molar-refractivity contribution in [1.29, 1.82) is 0 Å². The van der Waals surface area contributed by atoms with Gasteiger partial charge in [-0.3, -0.25) is 15.5 Å². The highest BCUT2D eigenvalue weighted by Crippen LogP contribution is 2.29. The summed E-state index contributed by atoms with van der Waals surface area (Å²) in [6.45, 7) is 2.48. The third-order valence-electron chi connectivity index (χ3n) is 4.37. The van der Waals surface area contributed by atoms with Gasteiger partial charge < -0.3 is 4.74 Å². The number of rotatable bonds is 6. The van der Waals surface area contributed by atoms with E-state index in [1.165, 1.54) is 40.7 Å². The Morgan fingerprint density at radius 3 is 2.48 bits per heavy atom. The van der Waals surface area contributed by atoms with E-state index in [0.717, 1.165) is 6.07 Å². The number of hydrogen-bond acceptors (Lipinski definition) is 7. The number of nitrogens with zero attached hydrogens (tertiary/aromatic N) is 3. The lowest BCUT2D eigenvalue weighted by molar-refractivity contribution is -0.385. The molecule has 3 rings (SSSR count). The van der Waals surface area contributed by atoms with Crippen molar-refractivity contribution in [2.75, 3.05) is 31.7 Å². The molecule has 0 amide bonds. The standard InChI is InChI=1S/C18H19FN4O5S/c1-13(14-2-4-15(19)5-3-14)20-21-17-7-6-16(23(24)25)12-18(17)29(26,27)22-8-10-28-11-9-22/h2-7,12,21H,8-11H2,1H3/b20-13+. The topological polar surface area (TPSA) is 114 Å². The molecule has 0 aliphatic carbocycles. The van der Waals surface area contributed by atoms with Gasteiger partial charge in [-0.15, -0.1) is 0 Å². The van der Waals surface area contributed by atoms with Crippen LogP contribution in [0.15, 0.2) is 52.5 Å². The van der Waals surface area contributed by atoms with Crippen molar-refractivity contribution < 1.29 is 22.5 Å². The summed E-state index contributed by atoms with van der Waals surface area (Å²) in [5, 5.41) is 15.3. The summed E-state index contributed by atoms with van der Waals surface area (Å²) in [7, 11) is -4.00. The van der Waals surface area contributed by atoms with E-state index in [1.807, 2.05) is 0 Å². The number of nitro groups is 1. The largest absolute Gasteiger partial charge is 0.379 e. The van der Waals surface area contributed by atoms with Crippen LogP contribution in [0.5, 0.6) is 0 Å². The average molecular weight is 422 g/mol. The number of benzene rings is 2. The molecule has 0 saturated carbocycles. The highest BCUT2D eigenvalue weighted by molar-refractivity contribution is 7.89. The minimum atomic E-state index is -4.00. The first-order chi connectivity index (χ1) is 13.8. The van der Waals surface area contributed by atoms with Gasteiger partial charge in [-0.2, -0.15) is 9.41 Å². The number of anilines is 1. The van der Waals surface area contributed by atoms with Crippen molar-refractivity contribution >= 4 is 27.1 Å². The number of hydrogen-bond donors (Lipinski definition) is 1. The molecule has 2 aromatic rings. The van der Waals surface area contributed by atoms with Crippen LogP contribution in [0.3, 0.4) is 0 Å². The second-order valence-electron chi connectivity index (χ2n) is 6.27. The van der Waals surface area contributed by atoms with Crippen LogP contribution in [0.4, 0.5) is 15.8 Å². The van der Waals surface area contributed by atoms with Crippen molar-refractivity contribution in [2.45, 2.75) is 11.8 Å². The van der Waals surface area contributed by atoms with Crippen LogP contribution in [0.2, 0.25) is 0 Å². The minimum absolute atomic E-state index is 0.101. The van der Waals surface area contributed by atoms with Crippen LogP contribution in [-0.4, -0.2) is 49.7 Å². The van der Waals surface area contributed by atoms with Crippen molar-refractivity contribution in [3.05, 3.63) is 64.0 Å². The van der Waals surface area contributed by atoms with E-state index in [2.05, 4.69) is 10.5 Å². The molecule has 1 aliphatic rings. The van der Waals surface area contributed by atoms with Crippen LogP contribution in [0.1, 0.15) is 12.5 Å². The van der Waals surface area contributed by atoms with Gasteiger partial charge in [-0.25, -0.2) is 12.8 Å². The predicted molar refractivity (Wildman–Crippen MR) is 105 cm³/mol. The Morgan fingerprint density at radius 1 is 1.21 bits per heavy atom. The number of morpholine rings is 1. The Balaban J connectivity index is 1.96. The van der Waals surface area contributed by atoms with Gasteiger partial charge in [0.05, 0.1) is 29.5 Å². The number of halogens is 1. The number of sulfonamides is 1. The van der Waals surface area contributed by atoms with Crippen LogP contribution in [-0.2, 0) is 14.8 Å². The van der Waals surface area contributed by atoms with E-state index < -0.39 is 14.9 Å². The Kier molecular flexibility index (Phi) is 6.20. The third-order valence-corrected chi connectivity index (χ3v) is 6.31. The molecule has 1 aliphatic heterocycles. The van der Waals surface area contributed by atoms with Crippen LogP contribution in [0.25, 0.3) is 0 Å². The van der Waals surface area contributed by atoms with E-state index in [-0.39, 0.29) is 48.4 Å². The van der Waals surface area contributed by atoms with Crippen LogP contribution < -0.4 is 5.43 Å². The third kappa shape index (κ3) is 4.75. The number of nitro benzene ring substituents is 1. The molecule has 1 heterocycles. The first kappa shape index (κ1) is 20.8. The molecule has 0 spiro atoms. The number of nitrogens with one attached hydrogen (secondary N) is 1. The van der Waals surface area contributed by atoms with Gasteiger partial charge in [0.25, 0.3) is 5.69 Å². The molecule has 2 aromatic carbocycles. The summed E-state index contributed by atoms with van der Waals surface area (Å²) >= 11 is 0. The molecule has 0 atom stereocenters. The fourth-order valence-corrected chi connectivity index (χ4v) is 4.33. The van der Waals surface area contributed by atoms with E-state index in [1.54, 1.807) is 6.92 Å². The molecular formula is C18H19FN4O5S. The monoisotopic (exact) mass is 422 g/mol. The summed E-state index contributed by atoms with van der Waals surface area (Å²) in [6.07, 6.45) is 0. The summed E-state index contributed by atoms with van der Waals surface area (Å²) < 4.78 is 45.6. The smallest absolute Gasteiger partial charge is 0.270 e. The lowest BCUT2D eigenvalue weighted by Gasteiger charge is -2.26. The maximum absolute atomic E-state index is 13.1. The molecule has 0 radical (unpaired) electrons. The zero-order chi connectivity index (χ0) is 21.0. The second kappa shape index (κ2) is 8.64. The first-order valence-electron chi connectivity index (χ1n) is 8.71. The van der Waals surface area contributed by atoms with Gasteiger partial charge in [-0.05, 0) is 30.7 Å². The van der Waals surface area contributed by atoms with Gasteiger partial charge in [0.2, 0.25) is 10.0 Å². The fourth-order valence-electron chi connectivity index (χ4n) is 2.76. The zero-order valence-electron chi connectivity index (χ0n) is 15.5. The van der Waals surface area contributed by atoms with Crippen molar-refractivity contribution in [3.8, 4) is 0 Å². The maximum Gasteiger partial charge on any atom is 0.270 e. The molecule has 9 nitrogen and oxygen atoms in total. The van der Waals surface area contributed by atoms with Gasteiger partial charge in [0.15, 0.2) is 0 Å². The van der Waals surface area contributed by atoms with E-state index in [0.29, 0.717) is 11.3 Å². The first-order valence-corrected chi connectivity index (χ1v) is 10.2. The molecule has 1 fully saturated rings. The van der Waals surface area contributed by atoms with Gasteiger partial charge >= 0.3 is 0 Å². The number of hydrazone groups is 1. The average Bonchev–Trinajstić information content (AvgIpc) is 2.73. The number of ether oxygens (including phenoxy) is 1. The maximum atomic E-state index is 13.1. The predicted octanol–water partition coefficient (Wildman–Crippen LogP) is 2.59. The number of non-ortho nitro benzene ring substituents is 1. The fraction of sp³-hybridized carbons (Fsp3) is 0.278. The molecule has 0 bridgehead atoms. The summed E-state index contributed by atoms with van der Waals surface area (Å²) in [5.74, 6) is -0.385. The summed E-state index contributed by atoms with van der Waals surface area (Å²) in [4.78, 5) is 10.2. The van der Waals surface area contributed by atoms with Gasteiger partial charge in [0, 0.05) is 25.2 Å². The molecule has 0 aromatic heterocycles. The molecule has 154 valence electrons. The Labute approximate surface area is 167 Å². The zero-order valence-corrected chi connectivity index (χ0v) is 16.4. The highest BCUT2D eigenvalue weighted by atomic mass is 32.2. The summed E-state index contributed by atoms with van der Waals surface area (Å²) in [6, 6.07) is 9.16. The second-order valence-corrected chi connectivity index (χ2v) is 8.18. The van der Waals surface area contributed by atoms with Crippen molar-refractivity contribution in [3.63, 3.8) is 0 Å². The van der Waals surface area contributed by atoms with E-state index in [9.17, 15) is 22.9 Å². The molecule has 11 heteroatoms. The molecular weight excluding hydrogens is 403 g/mol. The Hall–Kier alpha value is -2.89. The van der Waals surface area contributed by atoms with Crippen LogP contribution >= 0.6 is 0 Å². The molecule has 1 N–H and O–H groups in total. The lowest BCUT2D eigenvalue weighted by atomic mass is 10.1. The quantitative estimate of drug-likeness (QED) is 0.435. The Morgan fingerprint density at radius 2 is 1.86 bits per heavy atom. The van der Waals surface area contributed by atoms with E-state index >= 15 is 0 Å². The highest BCUT2D eigenvalue weighted by Gasteiger charge is 2.30. The van der Waals surface area contributed by atoms with Crippen molar-refractivity contribution in [2.24, 2.45) is 5.10 Å². The van der Waals surface area contributed by atoms with Crippen LogP contribution in [0, 0.1) is 15.9 Å². The normalized spacial score (nSPS) is 15.9. The lowest BCUT2D eigenvalue weighted by Crippen LogP contribution is -2.40. The Bertz CT molecular complexity index is 1030. The SMILES string of the molecule is C/C(=N\Nc1ccc([N+](=O)[O-])cc1S(=O)(=O)N1CCOCC1)c1ccc(F)cc1. The van der Waals surface area contributed by atoms with Gasteiger partial charge in [-0.1, -0.05) is 12.1 Å². The van der Waals surface area contributed by atoms with Gasteiger partial charge in [0.1, 0.15) is 10.7 Å². The molecule has 0 unspecified atom stereocenters. The van der Waals surface area contributed by atoms with Crippen molar-refractivity contribution in [1.82, 2.24) is 4.31 Å². The minimum Gasteiger partial charge on any atom is -0.379 e. The molecule has 29 heavy (non-hydrogen) atoms.